The van der Waals surface area contributed by atoms with E-state index in [9.17, 15) is 14.4 Å². The molecule has 1 saturated carbocycles. The fourth-order valence-electron chi connectivity index (χ4n) is 3.70. The lowest BCUT2D eigenvalue weighted by Crippen LogP contribution is -2.46. The molecule has 1 aliphatic heterocycles. The van der Waals surface area contributed by atoms with E-state index in [2.05, 4.69) is 0 Å². The summed E-state index contributed by atoms with van der Waals surface area (Å²) in [6.07, 6.45) is 3.78. The molecule has 0 saturated heterocycles. The van der Waals surface area contributed by atoms with Gasteiger partial charge in [0.1, 0.15) is 0 Å². The zero-order valence-electron chi connectivity index (χ0n) is 15.3. The molecule has 2 aliphatic rings. The monoisotopic (exact) mass is 359 g/mol. The zero-order valence-corrected chi connectivity index (χ0v) is 15.3. The van der Waals surface area contributed by atoms with Gasteiger partial charge in [-0.05, 0) is 31.4 Å². The van der Waals surface area contributed by atoms with Crippen molar-refractivity contribution in [3.8, 4) is 0 Å². The first-order valence-electron chi connectivity index (χ1n) is 9.23. The van der Waals surface area contributed by atoms with Gasteiger partial charge in [-0.25, -0.2) is 9.59 Å². The molecule has 2 atom stereocenters. The fourth-order valence-corrected chi connectivity index (χ4v) is 3.70. The molecule has 0 N–H and O–H groups in total. The molecule has 6 heteroatoms. The van der Waals surface area contributed by atoms with E-state index in [1.807, 2.05) is 6.07 Å². The third kappa shape index (κ3) is 3.89. The Bertz CT molecular complexity index is 695. The van der Waals surface area contributed by atoms with Crippen LogP contribution >= 0.6 is 0 Å². The number of esters is 2. The third-order valence-electron chi connectivity index (χ3n) is 5.27. The van der Waals surface area contributed by atoms with Crippen molar-refractivity contribution in [1.29, 1.82) is 0 Å². The van der Waals surface area contributed by atoms with Crippen molar-refractivity contribution in [2.45, 2.75) is 63.7 Å². The van der Waals surface area contributed by atoms with E-state index in [-0.39, 0.29) is 18.4 Å². The van der Waals surface area contributed by atoms with Gasteiger partial charge in [0.25, 0.3) is 5.91 Å². The van der Waals surface area contributed by atoms with E-state index in [0.717, 1.165) is 31.2 Å². The molecular formula is C20H25NO5. The Balaban J connectivity index is 1.59. The maximum atomic E-state index is 12.6. The Kier molecular flexibility index (Phi) is 5.59. The molecule has 2 unspecified atom stereocenters. The molecule has 1 amide bonds. The van der Waals surface area contributed by atoms with Crippen LogP contribution in [0, 0.1) is 0 Å². The average Bonchev–Trinajstić information content (AvgIpc) is 2.67. The van der Waals surface area contributed by atoms with Crippen molar-refractivity contribution in [3.05, 3.63) is 35.4 Å². The second-order valence-electron chi connectivity index (χ2n) is 7.08. The lowest BCUT2D eigenvalue weighted by Gasteiger charge is -2.33. The van der Waals surface area contributed by atoms with Gasteiger partial charge in [-0.3, -0.25) is 4.79 Å². The van der Waals surface area contributed by atoms with E-state index < -0.39 is 24.1 Å². The van der Waals surface area contributed by atoms with E-state index >= 15 is 0 Å². The quantitative estimate of drug-likeness (QED) is 0.772. The van der Waals surface area contributed by atoms with Crippen LogP contribution in [0.1, 0.15) is 54.9 Å². The van der Waals surface area contributed by atoms with Gasteiger partial charge in [0.15, 0.2) is 6.10 Å². The molecule has 0 aromatic heterocycles. The molecule has 1 heterocycles. The number of hydrogen-bond acceptors (Lipinski definition) is 5. The van der Waals surface area contributed by atoms with Gasteiger partial charge in [-0.1, -0.05) is 37.5 Å². The standard InChI is InChI=1S/C20H25NO5/c1-13(18(22)21(2)15-9-4-3-5-10-15)25-20(24)17-12-14-8-6-7-11-16(14)19(23)26-17/h6-8,11,13,15,17H,3-5,9-10,12H2,1-2H3. The number of nitrogens with zero attached hydrogens (tertiary/aromatic N) is 1. The lowest BCUT2D eigenvalue weighted by atomic mass is 9.94. The predicted molar refractivity (Wildman–Crippen MR) is 94.5 cm³/mol. The largest absolute Gasteiger partial charge is 0.450 e. The van der Waals surface area contributed by atoms with Crippen molar-refractivity contribution >= 4 is 17.8 Å². The Morgan fingerprint density at radius 1 is 1.19 bits per heavy atom. The normalized spacial score (nSPS) is 21.3. The van der Waals surface area contributed by atoms with E-state index in [0.29, 0.717) is 5.56 Å². The van der Waals surface area contributed by atoms with Crippen LogP contribution in [0.2, 0.25) is 0 Å². The Morgan fingerprint density at radius 2 is 1.88 bits per heavy atom. The number of fused-ring (bicyclic) bond motifs is 1. The van der Waals surface area contributed by atoms with Crippen molar-refractivity contribution in [1.82, 2.24) is 4.90 Å². The number of benzene rings is 1. The summed E-state index contributed by atoms with van der Waals surface area (Å²) in [6.45, 7) is 1.57. The van der Waals surface area contributed by atoms with Crippen LogP contribution in [-0.4, -0.2) is 48.0 Å². The van der Waals surface area contributed by atoms with Gasteiger partial charge in [0.05, 0.1) is 5.56 Å². The van der Waals surface area contributed by atoms with Gasteiger partial charge in [-0.15, -0.1) is 0 Å². The Hall–Kier alpha value is -2.37. The minimum atomic E-state index is -1.01. The van der Waals surface area contributed by atoms with Crippen molar-refractivity contribution < 1.29 is 23.9 Å². The van der Waals surface area contributed by atoms with E-state index in [1.165, 1.54) is 6.42 Å². The van der Waals surface area contributed by atoms with Gasteiger partial charge in [0.2, 0.25) is 6.10 Å². The van der Waals surface area contributed by atoms with Crippen LogP contribution in [0.15, 0.2) is 24.3 Å². The minimum Gasteiger partial charge on any atom is -0.450 e. The summed E-state index contributed by atoms with van der Waals surface area (Å²) in [7, 11) is 1.76. The summed E-state index contributed by atoms with van der Waals surface area (Å²) in [5.41, 5.74) is 1.22. The third-order valence-corrected chi connectivity index (χ3v) is 5.27. The Morgan fingerprint density at radius 3 is 2.62 bits per heavy atom. The molecule has 1 fully saturated rings. The van der Waals surface area contributed by atoms with Gasteiger partial charge in [0, 0.05) is 19.5 Å². The van der Waals surface area contributed by atoms with Crippen molar-refractivity contribution in [2.75, 3.05) is 7.05 Å². The Labute approximate surface area is 153 Å². The van der Waals surface area contributed by atoms with E-state index in [1.54, 1.807) is 37.1 Å². The van der Waals surface area contributed by atoms with Crippen molar-refractivity contribution in [2.24, 2.45) is 0 Å². The topological polar surface area (TPSA) is 72.9 Å². The highest BCUT2D eigenvalue weighted by Gasteiger charge is 2.35. The molecule has 0 spiro atoms. The summed E-state index contributed by atoms with van der Waals surface area (Å²) in [4.78, 5) is 38.7. The molecule has 26 heavy (non-hydrogen) atoms. The van der Waals surface area contributed by atoms with Crippen LogP contribution in [-0.2, 0) is 25.5 Å². The predicted octanol–water partition coefficient (Wildman–Crippen LogP) is 2.49. The van der Waals surface area contributed by atoms with Crippen LogP contribution in [0.3, 0.4) is 0 Å². The molecule has 0 radical (unpaired) electrons. The number of rotatable bonds is 4. The van der Waals surface area contributed by atoms with Gasteiger partial charge < -0.3 is 14.4 Å². The number of hydrogen-bond donors (Lipinski definition) is 0. The summed E-state index contributed by atoms with van der Waals surface area (Å²) >= 11 is 0. The molecule has 6 nitrogen and oxygen atoms in total. The summed E-state index contributed by atoms with van der Waals surface area (Å²) in [5.74, 6) is -1.43. The fraction of sp³-hybridized carbons (Fsp3) is 0.550. The SMILES string of the molecule is CC(OC(=O)C1Cc2ccccc2C(=O)O1)C(=O)N(C)C1CCCCC1. The number of cyclic esters (lactones) is 1. The molecule has 1 aromatic rings. The lowest BCUT2D eigenvalue weighted by molar-refractivity contribution is -0.167. The highest BCUT2D eigenvalue weighted by atomic mass is 16.6. The zero-order chi connectivity index (χ0) is 18.7. The molecular weight excluding hydrogens is 334 g/mol. The summed E-state index contributed by atoms with van der Waals surface area (Å²) < 4.78 is 10.5. The number of ether oxygens (including phenoxy) is 2. The average molecular weight is 359 g/mol. The number of carbonyl (C=O) groups excluding carboxylic acids is 3. The van der Waals surface area contributed by atoms with Crippen LogP contribution in [0.4, 0.5) is 0 Å². The second-order valence-corrected chi connectivity index (χ2v) is 7.08. The van der Waals surface area contributed by atoms with Gasteiger partial charge >= 0.3 is 11.9 Å². The molecule has 1 aromatic carbocycles. The molecule has 3 rings (SSSR count). The summed E-state index contributed by atoms with van der Waals surface area (Å²) in [6, 6.07) is 7.23. The highest BCUT2D eigenvalue weighted by Crippen LogP contribution is 2.24. The van der Waals surface area contributed by atoms with Crippen LogP contribution in [0.5, 0.6) is 0 Å². The highest BCUT2D eigenvalue weighted by molar-refractivity contribution is 5.95. The van der Waals surface area contributed by atoms with Crippen molar-refractivity contribution in [3.63, 3.8) is 0 Å². The number of carbonyl (C=O) groups is 3. The molecule has 140 valence electrons. The first-order valence-corrected chi connectivity index (χ1v) is 9.23. The smallest absolute Gasteiger partial charge is 0.348 e. The van der Waals surface area contributed by atoms with Gasteiger partial charge in [-0.2, -0.15) is 0 Å². The first kappa shape index (κ1) is 18.4. The molecule has 0 bridgehead atoms. The molecule has 1 aliphatic carbocycles. The van der Waals surface area contributed by atoms with E-state index in [4.69, 9.17) is 9.47 Å². The first-order chi connectivity index (χ1) is 12.5. The second kappa shape index (κ2) is 7.89. The van der Waals surface area contributed by atoms with Crippen LogP contribution in [0.25, 0.3) is 0 Å². The summed E-state index contributed by atoms with van der Waals surface area (Å²) in [5, 5.41) is 0. The number of amides is 1. The maximum absolute atomic E-state index is 12.6. The number of likely N-dealkylation sites (N-methyl/N-ethyl adjacent to an activating group) is 1. The van der Waals surface area contributed by atoms with Crippen LogP contribution < -0.4 is 0 Å². The maximum Gasteiger partial charge on any atom is 0.348 e. The minimum absolute atomic E-state index is 0.205.